The highest BCUT2D eigenvalue weighted by atomic mass is 19.2. The predicted molar refractivity (Wildman–Crippen MR) is 141 cm³/mol. The van der Waals surface area contributed by atoms with Crippen LogP contribution in [0.3, 0.4) is 0 Å². The van der Waals surface area contributed by atoms with Crippen LogP contribution >= 0.6 is 0 Å². The van der Waals surface area contributed by atoms with Crippen molar-refractivity contribution >= 4 is 16.8 Å². The Bertz CT molecular complexity index is 1430. The van der Waals surface area contributed by atoms with E-state index in [1.165, 1.54) is 6.07 Å². The zero-order chi connectivity index (χ0) is 26.6. The Kier molecular flexibility index (Phi) is 7.69. The molecule has 2 aromatic carbocycles. The van der Waals surface area contributed by atoms with Crippen LogP contribution in [0.15, 0.2) is 60.8 Å². The van der Waals surface area contributed by atoms with Crippen LogP contribution in [0.25, 0.3) is 10.9 Å². The number of ether oxygens (including phenoxy) is 2. The average molecular weight is 520 g/mol. The molecule has 8 heteroatoms. The van der Waals surface area contributed by atoms with E-state index in [2.05, 4.69) is 28.7 Å². The van der Waals surface area contributed by atoms with Crippen molar-refractivity contribution in [1.82, 2.24) is 14.9 Å². The average Bonchev–Trinajstić information content (AvgIpc) is 3.24. The molecule has 0 unspecified atom stereocenters. The van der Waals surface area contributed by atoms with Crippen LogP contribution in [0.1, 0.15) is 59.9 Å². The van der Waals surface area contributed by atoms with Gasteiger partial charge in [0.25, 0.3) is 5.91 Å². The molecule has 38 heavy (non-hydrogen) atoms. The quantitative estimate of drug-likeness (QED) is 0.311. The van der Waals surface area contributed by atoms with Gasteiger partial charge in [-0.2, -0.15) is 0 Å². The topological polar surface area (TPSA) is 65.4 Å². The fourth-order valence-corrected chi connectivity index (χ4v) is 4.99. The monoisotopic (exact) mass is 519 g/mol. The van der Waals surface area contributed by atoms with Gasteiger partial charge in [-0.1, -0.05) is 26.0 Å². The van der Waals surface area contributed by atoms with Gasteiger partial charge in [0.05, 0.1) is 36.5 Å². The Labute approximate surface area is 220 Å². The molecular formula is C30H31F2N3O3. The molecule has 1 N–H and O–H groups in total. The number of amides is 1. The van der Waals surface area contributed by atoms with Crippen molar-refractivity contribution in [2.45, 2.75) is 51.8 Å². The molecule has 2 aromatic heterocycles. The number of nitrogens with one attached hydrogen (secondary N) is 1. The van der Waals surface area contributed by atoms with E-state index >= 15 is 0 Å². The molecule has 5 rings (SSSR count). The van der Waals surface area contributed by atoms with Crippen molar-refractivity contribution in [2.75, 3.05) is 13.2 Å². The lowest BCUT2D eigenvalue weighted by Gasteiger charge is -2.23. The fourth-order valence-electron chi connectivity index (χ4n) is 4.99. The molecular weight excluding hydrogens is 488 g/mol. The summed E-state index contributed by atoms with van der Waals surface area (Å²) in [5, 5.41) is 3.70. The minimum absolute atomic E-state index is 0.0231. The van der Waals surface area contributed by atoms with E-state index in [1.54, 1.807) is 6.20 Å². The maximum atomic E-state index is 13.7. The molecule has 1 amide bonds. The Hall–Kier alpha value is -3.78. The third-order valence-electron chi connectivity index (χ3n) is 6.80. The number of pyridine rings is 1. The van der Waals surface area contributed by atoms with Gasteiger partial charge in [-0.15, -0.1) is 0 Å². The van der Waals surface area contributed by atoms with Crippen molar-refractivity contribution < 1.29 is 23.0 Å². The molecule has 0 spiro atoms. The van der Waals surface area contributed by atoms with Gasteiger partial charge in [0.2, 0.25) is 0 Å². The van der Waals surface area contributed by atoms with Gasteiger partial charge < -0.3 is 19.4 Å². The molecule has 1 aliphatic heterocycles. The van der Waals surface area contributed by atoms with Crippen LogP contribution in [0.5, 0.6) is 5.75 Å². The molecule has 1 saturated heterocycles. The molecule has 1 fully saturated rings. The number of hydrogen-bond acceptors (Lipinski definition) is 4. The van der Waals surface area contributed by atoms with Crippen LogP contribution < -0.4 is 10.1 Å². The molecule has 6 nitrogen and oxygen atoms in total. The van der Waals surface area contributed by atoms with E-state index in [-0.39, 0.29) is 24.5 Å². The Balaban J connectivity index is 1.54. The first-order valence-corrected chi connectivity index (χ1v) is 12.9. The first-order chi connectivity index (χ1) is 18.4. The Morgan fingerprint density at radius 3 is 2.63 bits per heavy atom. The number of carbonyl (C=O) groups excluding carboxylic acids is 1. The van der Waals surface area contributed by atoms with Crippen molar-refractivity contribution in [3.05, 3.63) is 94.9 Å². The number of hydrogen-bond donors (Lipinski definition) is 1. The summed E-state index contributed by atoms with van der Waals surface area (Å²) in [5.41, 5.74) is 3.66. The molecule has 1 aliphatic rings. The lowest BCUT2D eigenvalue weighted by Crippen LogP contribution is -2.25. The molecule has 0 radical (unpaired) electrons. The Morgan fingerprint density at radius 1 is 1.11 bits per heavy atom. The maximum absolute atomic E-state index is 13.7. The number of carbonyl (C=O) groups is 1. The second-order valence-corrected chi connectivity index (χ2v) is 9.86. The van der Waals surface area contributed by atoms with Gasteiger partial charge in [-0.3, -0.25) is 9.78 Å². The summed E-state index contributed by atoms with van der Waals surface area (Å²) >= 11 is 0. The smallest absolute Gasteiger partial charge is 0.254 e. The number of halogens is 2. The van der Waals surface area contributed by atoms with Crippen molar-refractivity contribution in [2.24, 2.45) is 0 Å². The highest BCUT2D eigenvalue weighted by Crippen LogP contribution is 2.35. The van der Waals surface area contributed by atoms with E-state index in [9.17, 15) is 13.6 Å². The molecule has 0 aliphatic carbocycles. The third kappa shape index (κ3) is 5.55. The van der Waals surface area contributed by atoms with E-state index in [0.717, 1.165) is 53.0 Å². The number of nitrogens with zero attached hydrogens (tertiary/aromatic N) is 2. The lowest BCUT2D eigenvalue weighted by atomic mass is 10.0. The van der Waals surface area contributed by atoms with E-state index in [4.69, 9.17) is 9.47 Å². The summed E-state index contributed by atoms with van der Waals surface area (Å²) in [6.07, 6.45) is 3.51. The maximum Gasteiger partial charge on any atom is 0.254 e. The van der Waals surface area contributed by atoms with Gasteiger partial charge in [0.1, 0.15) is 11.9 Å². The molecule has 0 atom stereocenters. The Morgan fingerprint density at radius 2 is 1.92 bits per heavy atom. The summed E-state index contributed by atoms with van der Waals surface area (Å²) in [7, 11) is 0. The summed E-state index contributed by atoms with van der Waals surface area (Å²) in [4.78, 5) is 18.1. The van der Waals surface area contributed by atoms with Gasteiger partial charge >= 0.3 is 0 Å². The first-order valence-electron chi connectivity index (χ1n) is 12.9. The van der Waals surface area contributed by atoms with E-state index in [1.807, 2.05) is 36.4 Å². The van der Waals surface area contributed by atoms with Crippen LogP contribution in [0.4, 0.5) is 8.78 Å². The number of fused-ring (bicyclic) bond motifs is 1. The highest BCUT2D eigenvalue weighted by molar-refractivity contribution is 6.09. The second-order valence-electron chi connectivity index (χ2n) is 9.86. The van der Waals surface area contributed by atoms with E-state index in [0.29, 0.717) is 30.9 Å². The summed E-state index contributed by atoms with van der Waals surface area (Å²) in [5.74, 6) is -1.37. The largest absolute Gasteiger partial charge is 0.490 e. The zero-order valence-corrected chi connectivity index (χ0v) is 21.5. The first kappa shape index (κ1) is 25.9. The van der Waals surface area contributed by atoms with Crippen LogP contribution in [-0.2, 0) is 17.8 Å². The van der Waals surface area contributed by atoms with Crippen LogP contribution in [0, 0.1) is 11.6 Å². The van der Waals surface area contributed by atoms with Crippen LogP contribution in [-0.4, -0.2) is 34.8 Å². The number of rotatable bonds is 8. The van der Waals surface area contributed by atoms with Gasteiger partial charge in [0.15, 0.2) is 11.6 Å². The highest BCUT2D eigenvalue weighted by Gasteiger charge is 2.26. The standard InChI is InChI=1S/C30H31F2N3O3/c1-19(2)29-28(30(36)34-17-20-6-9-25(31)26(32)15-20)24-8-7-23(38-22-10-13-37-14-11-22)16-27(24)35(29)18-21-5-3-4-12-33-21/h3-9,12,15-16,19,22H,10-11,13-14,17-18H2,1-2H3,(H,34,36). The molecule has 0 bridgehead atoms. The molecule has 198 valence electrons. The lowest BCUT2D eigenvalue weighted by molar-refractivity contribution is 0.0256. The minimum Gasteiger partial charge on any atom is -0.490 e. The van der Waals surface area contributed by atoms with Gasteiger partial charge in [-0.05, 0) is 47.9 Å². The number of benzene rings is 2. The van der Waals surface area contributed by atoms with Crippen LogP contribution in [0.2, 0.25) is 0 Å². The molecule has 3 heterocycles. The summed E-state index contributed by atoms with van der Waals surface area (Å²) < 4.78 is 40.9. The fraction of sp³-hybridized carbons (Fsp3) is 0.333. The molecule has 0 saturated carbocycles. The van der Waals surface area contributed by atoms with E-state index < -0.39 is 11.6 Å². The third-order valence-corrected chi connectivity index (χ3v) is 6.80. The SMILES string of the molecule is CC(C)c1c(C(=O)NCc2ccc(F)c(F)c2)c2ccc(OC3CCOCC3)cc2n1Cc1ccccn1. The van der Waals surface area contributed by atoms with Crippen molar-refractivity contribution in [3.8, 4) is 5.75 Å². The van der Waals surface area contributed by atoms with Gasteiger partial charge in [0, 0.05) is 42.7 Å². The van der Waals surface area contributed by atoms with Crippen molar-refractivity contribution in [3.63, 3.8) is 0 Å². The molecule has 4 aromatic rings. The summed E-state index contributed by atoms with van der Waals surface area (Å²) in [6, 6.07) is 15.2. The number of aromatic nitrogens is 2. The second kappa shape index (κ2) is 11.3. The predicted octanol–water partition coefficient (Wildman–Crippen LogP) is 5.97. The normalized spacial score (nSPS) is 14.2. The minimum atomic E-state index is -0.941. The van der Waals surface area contributed by atoms with Crippen molar-refractivity contribution in [1.29, 1.82) is 0 Å². The summed E-state index contributed by atoms with van der Waals surface area (Å²) in [6.45, 7) is 6.03. The van der Waals surface area contributed by atoms with Gasteiger partial charge in [-0.25, -0.2) is 8.78 Å². The zero-order valence-electron chi connectivity index (χ0n) is 21.5.